The molecule has 0 radical (unpaired) electrons. The first-order valence-corrected chi connectivity index (χ1v) is 16.8. The lowest BCUT2D eigenvalue weighted by Crippen LogP contribution is -2.61. The molecule has 2 aliphatic heterocycles. The van der Waals surface area contributed by atoms with Crippen LogP contribution in [-0.4, -0.2) is 98.7 Å². The van der Waals surface area contributed by atoms with Gasteiger partial charge in [-0.25, -0.2) is 0 Å². The fourth-order valence-electron chi connectivity index (χ4n) is 6.09. The third-order valence-electron chi connectivity index (χ3n) is 9.00. The number of benzene rings is 1. The zero-order valence-corrected chi connectivity index (χ0v) is 27.9. The summed E-state index contributed by atoms with van der Waals surface area (Å²) in [5.41, 5.74) is 1.04. The van der Waals surface area contributed by atoms with Gasteiger partial charge in [-0.15, -0.1) is 0 Å². The average molecular weight is 641 g/mol. The topological polar surface area (TPSA) is 139 Å². The Morgan fingerprint density at radius 3 is 2.17 bits per heavy atom. The minimum Gasteiger partial charge on any atom is -0.497 e. The molecule has 0 aromatic heterocycles. The molecule has 2 fully saturated rings. The number of carbonyl (C=O) groups is 4. The molecule has 11 heteroatoms. The van der Waals surface area contributed by atoms with Crippen LogP contribution in [-0.2, 0) is 35.1 Å². The number of epoxide rings is 1. The second-order valence-corrected chi connectivity index (χ2v) is 13.0. The van der Waals surface area contributed by atoms with Gasteiger partial charge in [0.15, 0.2) is 5.78 Å². The Bertz CT molecular complexity index is 1220. The van der Waals surface area contributed by atoms with Crippen molar-refractivity contribution in [3.05, 3.63) is 41.5 Å². The summed E-state index contributed by atoms with van der Waals surface area (Å²) in [4.78, 5) is 56.6. The molecule has 4 rings (SSSR count). The van der Waals surface area contributed by atoms with E-state index in [1.807, 2.05) is 12.1 Å². The normalized spacial score (nSPS) is 21.3. The first-order valence-electron chi connectivity index (χ1n) is 16.8. The van der Waals surface area contributed by atoms with Gasteiger partial charge in [-0.1, -0.05) is 37.6 Å². The molecule has 1 aromatic rings. The lowest BCUT2D eigenvalue weighted by molar-refractivity contribution is -0.139. The smallest absolute Gasteiger partial charge is 0.243 e. The van der Waals surface area contributed by atoms with E-state index in [2.05, 4.69) is 40.8 Å². The standard InChI is InChI=1S/C35H52N4O7/c1-5-16-39(17-6-2)20-30(40)38-31(26-21-45-22-26)34(43)37-29(19-25-12-14-27(44-4)15-13-25)33(42)36-28(32(41)35(3)23-46-35)18-24-10-8-7-9-11-24/h10,12-15,26,28-29,31H,5-9,11,16-23H2,1-4H3,(H,36,42)(H,37,43)(H,38,40). The van der Waals surface area contributed by atoms with Crippen molar-refractivity contribution in [1.82, 2.24) is 20.9 Å². The fraction of sp³-hybridized carbons (Fsp3) is 0.657. The molecule has 1 aromatic carbocycles. The van der Waals surface area contributed by atoms with Crippen molar-refractivity contribution in [3.63, 3.8) is 0 Å². The van der Waals surface area contributed by atoms with Gasteiger partial charge in [-0.3, -0.25) is 24.1 Å². The van der Waals surface area contributed by atoms with E-state index in [-0.39, 0.29) is 30.6 Å². The van der Waals surface area contributed by atoms with Crippen molar-refractivity contribution >= 4 is 23.5 Å². The largest absolute Gasteiger partial charge is 0.497 e. The van der Waals surface area contributed by atoms with Crippen LogP contribution >= 0.6 is 0 Å². The molecule has 2 heterocycles. The minimum absolute atomic E-state index is 0.165. The number of ether oxygens (including phenoxy) is 3. The molecule has 3 N–H and O–H groups in total. The van der Waals surface area contributed by atoms with Gasteiger partial charge in [0.05, 0.1) is 39.5 Å². The zero-order valence-electron chi connectivity index (χ0n) is 27.9. The molecule has 0 bridgehead atoms. The van der Waals surface area contributed by atoms with E-state index in [0.29, 0.717) is 32.0 Å². The molecule has 0 saturated carbocycles. The van der Waals surface area contributed by atoms with Gasteiger partial charge >= 0.3 is 0 Å². The lowest BCUT2D eigenvalue weighted by Gasteiger charge is -2.35. The number of ketones is 1. The molecule has 46 heavy (non-hydrogen) atoms. The molecule has 254 valence electrons. The average Bonchev–Trinajstić information content (AvgIpc) is 3.78. The molecule has 11 nitrogen and oxygen atoms in total. The number of allylic oxidation sites excluding steroid dienone is 1. The second kappa shape index (κ2) is 17.0. The Kier molecular flexibility index (Phi) is 13.2. The molecule has 4 unspecified atom stereocenters. The molecule has 0 spiro atoms. The predicted molar refractivity (Wildman–Crippen MR) is 174 cm³/mol. The molecular formula is C35H52N4O7. The van der Waals surface area contributed by atoms with Crippen molar-refractivity contribution < 1.29 is 33.4 Å². The summed E-state index contributed by atoms with van der Waals surface area (Å²) in [6, 6.07) is 4.64. The number of amides is 3. The minimum atomic E-state index is -0.999. The van der Waals surface area contributed by atoms with Crippen LogP contribution < -0.4 is 20.7 Å². The number of Topliss-reactive ketones (excluding diaryl/α,β-unsaturated/α-hetero) is 1. The number of hydrogen-bond acceptors (Lipinski definition) is 8. The zero-order chi connectivity index (χ0) is 33.1. The molecule has 1 aliphatic carbocycles. The first kappa shape index (κ1) is 35.6. The number of hydrogen-bond donors (Lipinski definition) is 3. The second-order valence-electron chi connectivity index (χ2n) is 13.0. The number of methoxy groups -OCH3 is 1. The van der Waals surface area contributed by atoms with Crippen LogP contribution in [0.2, 0.25) is 0 Å². The number of carbonyl (C=O) groups excluding carboxylic acids is 4. The number of nitrogens with zero attached hydrogens (tertiary/aromatic N) is 1. The highest BCUT2D eigenvalue weighted by Gasteiger charge is 2.50. The predicted octanol–water partition coefficient (Wildman–Crippen LogP) is 2.71. The summed E-state index contributed by atoms with van der Waals surface area (Å²) in [5, 5.41) is 8.85. The Labute approximate surface area is 273 Å². The van der Waals surface area contributed by atoms with Gasteiger partial charge in [0.2, 0.25) is 17.7 Å². The van der Waals surface area contributed by atoms with Crippen molar-refractivity contribution in [3.8, 4) is 5.75 Å². The van der Waals surface area contributed by atoms with Crippen LogP contribution in [0, 0.1) is 5.92 Å². The highest BCUT2D eigenvalue weighted by molar-refractivity contribution is 5.98. The summed E-state index contributed by atoms with van der Waals surface area (Å²) >= 11 is 0. The van der Waals surface area contributed by atoms with Crippen LogP contribution in [0.5, 0.6) is 5.75 Å². The van der Waals surface area contributed by atoms with Crippen molar-refractivity contribution in [2.24, 2.45) is 5.92 Å². The lowest BCUT2D eigenvalue weighted by atomic mass is 9.89. The molecule has 2 saturated heterocycles. The highest BCUT2D eigenvalue weighted by Crippen LogP contribution is 2.31. The maximum absolute atomic E-state index is 14.0. The third kappa shape index (κ3) is 10.1. The van der Waals surface area contributed by atoms with E-state index in [0.717, 1.165) is 62.8 Å². The molecule has 4 atom stereocenters. The highest BCUT2D eigenvalue weighted by atomic mass is 16.6. The van der Waals surface area contributed by atoms with Crippen LogP contribution in [0.25, 0.3) is 0 Å². The van der Waals surface area contributed by atoms with E-state index in [1.54, 1.807) is 26.2 Å². The Hall–Kier alpha value is -3.28. The van der Waals surface area contributed by atoms with Crippen LogP contribution in [0.1, 0.15) is 71.3 Å². The van der Waals surface area contributed by atoms with Gasteiger partial charge in [-0.2, -0.15) is 0 Å². The number of nitrogens with one attached hydrogen (secondary N) is 3. The van der Waals surface area contributed by atoms with E-state index < -0.39 is 35.5 Å². The summed E-state index contributed by atoms with van der Waals surface area (Å²) in [5.74, 6) is -0.861. The SMILES string of the molecule is CCCN(CCC)CC(=O)NC(C(=O)NC(Cc1ccc(OC)cc1)C(=O)NC(CC1=CCCCC1)C(=O)C1(C)CO1)C1COC1. The van der Waals surface area contributed by atoms with Gasteiger partial charge < -0.3 is 30.2 Å². The maximum Gasteiger partial charge on any atom is 0.243 e. The summed E-state index contributed by atoms with van der Waals surface area (Å²) in [7, 11) is 1.58. The van der Waals surface area contributed by atoms with E-state index in [4.69, 9.17) is 14.2 Å². The molecular weight excluding hydrogens is 588 g/mol. The van der Waals surface area contributed by atoms with E-state index in [1.165, 1.54) is 0 Å². The van der Waals surface area contributed by atoms with Crippen LogP contribution in [0.3, 0.4) is 0 Å². The number of rotatable bonds is 19. The third-order valence-corrected chi connectivity index (χ3v) is 9.00. The van der Waals surface area contributed by atoms with Gasteiger partial charge in [0, 0.05) is 12.3 Å². The maximum atomic E-state index is 14.0. The van der Waals surface area contributed by atoms with Gasteiger partial charge in [-0.05, 0) is 82.7 Å². The van der Waals surface area contributed by atoms with Crippen molar-refractivity contribution in [2.45, 2.75) is 95.9 Å². The van der Waals surface area contributed by atoms with Crippen LogP contribution in [0.4, 0.5) is 0 Å². The fourth-order valence-corrected chi connectivity index (χ4v) is 6.09. The quantitative estimate of drug-likeness (QED) is 0.155. The van der Waals surface area contributed by atoms with Crippen molar-refractivity contribution in [1.29, 1.82) is 0 Å². The summed E-state index contributed by atoms with van der Waals surface area (Å²) < 4.78 is 16.1. The Balaban J connectivity index is 1.52. The van der Waals surface area contributed by atoms with E-state index in [9.17, 15) is 19.2 Å². The van der Waals surface area contributed by atoms with Gasteiger partial charge in [0.1, 0.15) is 23.4 Å². The van der Waals surface area contributed by atoms with Crippen LogP contribution in [0.15, 0.2) is 35.9 Å². The summed E-state index contributed by atoms with van der Waals surface area (Å²) in [6.07, 6.45) is 8.62. The Morgan fingerprint density at radius 2 is 1.63 bits per heavy atom. The Morgan fingerprint density at radius 1 is 0.957 bits per heavy atom. The van der Waals surface area contributed by atoms with Gasteiger partial charge in [0.25, 0.3) is 0 Å². The first-order chi connectivity index (χ1) is 22.1. The van der Waals surface area contributed by atoms with E-state index >= 15 is 0 Å². The monoisotopic (exact) mass is 640 g/mol. The van der Waals surface area contributed by atoms with Crippen molar-refractivity contribution in [2.75, 3.05) is 46.6 Å². The molecule has 3 aliphatic rings. The summed E-state index contributed by atoms with van der Waals surface area (Å²) in [6.45, 7) is 8.65. The molecule has 3 amide bonds.